The van der Waals surface area contributed by atoms with Crippen LogP contribution in [-0.2, 0) is 16.0 Å². The van der Waals surface area contributed by atoms with E-state index in [9.17, 15) is 19.2 Å². The van der Waals surface area contributed by atoms with Gasteiger partial charge in [0.2, 0.25) is 5.91 Å². The molecule has 2 aliphatic rings. The fraction of sp³-hybridized carbons (Fsp3) is 0.421. The van der Waals surface area contributed by atoms with E-state index < -0.39 is 5.25 Å². The van der Waals surface area contributed by atoms with Gasteiger partial charge in [0.1, 0.15) is 17.5 Å². The van der Waals surface area contributed by atoms with Crippen LogP contribution in [0.4, 0.5) is 4.39 Å². The quantitative estimate of drug-likeness (QED) is 0.661. The molecule has 1 saturated carbocycles. The summed E-state index contributed by atoms with van der Waals surface area (Å²) < 4.78 is 13.0. The van der Waals surface area contributed by atoms with Crippen LogP contribution < -0.4 is 5.32 Å². The van der Waals surface area contributed by atoms with Crippen LogP contribution in [0.3, 0.4) is 0 Å². The van der Waals surface area contributed by atoms with Gasteiger partial charge in [-0.1, -0.05) is 43.2 Å². The number of Topliss-reactive ketones (excluding diaryl/α,β-unsaturated/α-hetero) is 1. The largest absolute Gasteiger partial charge is 0.318 e. The van der Waals surface area contributed by atoms with Crippen LogP contribution in [0.2, 0.25) is 0 Å². The zero-order valence-corrected chi connectivity index (χ0v) is 14.6. The lowest BCUT2D eigenvalue weighted by Gasteiger charge is -2.20. The van der Waals surface area contributed by atoms with E-state index in [-0.39, 0.29) is 29.0 Å². The molecule has 1 atom stereocenters. The number of thioether (sulfide) groups is 1. The summed E-state index contributed by atoms with van der Waals surface area (Å²) >= 11 is 1.22. The van der Waals surface area contributed by atoms with Crippen LogP contribution in [-0.4, -0.2) is 16.9 Å². The van der Waals surface area contributed by atoms with Crippen molar-refractivity contribution < 1.29 is 14.0 Å². The highest BCUT2D eigenvalue weighted by molar-refractivity contribution is 8.04. The Morgan fingerprint density at radius 1 is 1.24 bits per heavy atom. The van der Waals surface area contributed by atoms with Crippen molar-refractivity contribution in [1.82, 2.24) is 5.32 Å². The van der Waals surface area contributed by atoms with E-state index in [0.29, 0.717) is 11.4 Å². The SMILES string of the molecule is N#C/C(C(=O)C1CCCCC1)=C1\NC(=O)[C@H](Cc2ccc(F)cc2)S1. The van der Waals surface area contributed by atoms with E-state index in [1.54, 1.807) is 12.1 Å². The van der Waals surface area contributed by atoms with Gasteiger partial charge in [0.05, 0.1) is 10.3 Å². The second-order valence-electron chi connectivity index (χ2n) is 6.44. The van der Waals surface area contributed by atoms with Gasteiger partial charge in [0, 0.05) is 5.92 Å². The summed E-state index contributed by atoms with van der Waals surface area (Å²) in [6, 6.07) is 8.00. The van der Waals surface area contributed by atoms with E-state index in [1.165, 1.54) is 23.9 Å². The first-order chi connectivity index (χ1) is 12.1. The molecule has 3 rings (SSSR count). The van der Waals surface area contributed by atoms with E-state index in [4.69, 9.17) is 0 Å². The number of allylic oxidation sites excluding steroid dienone is 1. The topological polar surface area (TPSA) is 70.0 Å². The average molecular weight is 358 g/mol. The predicted octanol–water partition coefficient (Wildman–Crippen LogP) is 3.48. The molecule has 6 heteroatoms. The normalized spacial score (nSPS) is 23.0. The van der Waals surface area contributed by atoms with E-state index in [1.807, 2.05) is 6.07 Å². The molecule has 1 saturated heterocycles. The Morgan fingerprint density at radius 3 is 2.56 bits per heavy atom. The van der Waals surface area contributed by atoms with Crippen molar-refractivity contribution in [3.63, 3.8) is 0 Å². The number of nitrogens with zero attached hydrogens (tertiary/aromatic N) is 1. The Kier molecular flexibility index (Phi) is 5.54. The molecule has 4 nitrogen and oxygen atoms in total. The number of nitrogens with one attached hydrogen (secondary N) is 1. The molecule has 0 radical (unpaired) electrons. The number of halogens is 1. The molecule has 1 aliphatic carbocycles. The minimum atomic E-state index is -0.414. The van der Waals surface area contributed by atoms with Gasteiger partial charge in [-0.2, -0.15) is 5.26 Å². The molecule has 0 bridgehead atoms. The third-order valence-corrected chi connectivity index (χ3v) is 5.89. The first kappa shape index (κ1) is 17.7. The Bertz CT molecular complexity index is 746. The van der Waals surface area contributed by atoms with Crippen LogP contribution in [0.25, 0.3) is 0 Å². The molecule has 0 aromatic heterocycles. The van der Waals surface area contributed by atoms with Crippen LogP contribution in [0.1, 0.15) is 37.7 Å². The number of hydrogen-bond acceptors (Lipinski definition) is 4. The van der Waals surface area contributed by atoms with Gasteiger partial charge >= 0.3 is 0 Å². The molecule has 1 amide bonds. The van der Waals surface area contributed by atoms with Gasteiger partial charge in [-0.05, 0) is 37.0 Å². The first-order valence-corrected chi connectivity index (χ1v) is 9.37. The maximum absolute atomic E-state index is 13.0. The minimum Gasteiger partial charge on any atom is -0.318 e. The highest BCUT2D eigenvalue weighted by Gasteiger charge is 2.34. The third-order valence-electron chi connectivity index (χ3n) is 4.68. The lowest BCUT2D eigenvalue weighted by molar-refractivity contribution is -0.119. The molecule has 2 fully saturated rings. The second kappa shape index (κ2) is 7.83. The predicted molar refractivity (Wildman–Crippen MR) is 93.8 cm³/mol. The number of nitriles is 1. The number of benzene rings is 1. The highest BCUT2D eigenvalue weighted by Crippen LogP contribution is 2.34. The zero-order valence-electron chi connectivity index (χ0n) is 13.8. The van der Waals surface area contributed by atoms with E-state index in [0.717, 1.165) is 37.7 Å². The van der Waals surface area contributed by atoms with Crippen molar-refractivity contribution in [2.75, 3.05) is 0 Å². The number of amides is 1. The molecule has 25 heavy (non-hydrogen) atoms. The summed E-state index contributed by atoms with van der Waals surface area (Å²) in [7, 11) is 0. The number of ketones is 1. The maximum Gasteiger partial charge on any atom is 0.238 e. The van der Waals surface area contributed by atoms with Crippen molar-refractivity contribution in [2.24, 2.45) is 5.92 Å². The fourth-order valence-electron chi connectivity index (χ4n) is 3.29. The lowest BCUT2D eigenvalue weighted by Crippen LogP contribution is -2.25. The van der Waals surface area contributed by atoms with Crippen LogP contribution in [0.5, 0.6) is 0 Å². The molecule has 130 valence electrons. The molecule has 0 unspecified atom stereocenters. The van der Waals surface area contributed by atoms with Crippen molar-refractivity contribution in [1.29, 1.82) is 5.26 Å². The highest BCUT2D eigenvalue weighted by atomic mass is 32.2. The zero-order chi connectivity index (χ0) is 17.8. The monoisotopic (exact) mass is 358 g/mol. The molecule has 0 spiro atoms. The summed E-state index contributed by atoms with van der Waals surface area (Å²) in [5, 5.41) is 12.1. The molecule has 1 aliphatic heterocycles. The van der Waals surface area contributed by atoms with Gasteiger partial charge in [0.15, 0.2) is 5.78 Å². The first-order valence-electron chi connectivity index (χ1n) is 8.49. The smallest absolute Gasteiger partial charge is 0.238 e. The lowest BCUT2D eigenvalue weighted by atomic mass is 9.84. The summed E-state index contributed by atoms with van der Waals surface area (Å²) in [5.41, 5.74) is 0.916. The van der Waals surface area contributed by atoms with Gasteiger partial charge < -0.3 is 5.32 Å². The Hall–Kier alpha value is -2.13. The summed E-state index contributed by atoms with van der Waals surface area (Å²) in [6.07, 6.45) is 5.21. The molecule has 1 N–H and O–H groups in total. The van der Waals surface area contributed by atoms with E-state index >= 15 is 0 Å². The maximum atomic E-state index is 13.0. The van der Waals surface area contributed by atoms with Gasteiger partial charge in [-0.3, -0.25) is 9.59 Å². The van der Waals surface area contributed by atoms with Crippen molar-refractivity contribution in [2.45, 2.75) is 43.8 Å². The van der Waals surface area contributed by atoms with Gasteiger partial charge in [0.25, 0.3) is 0 Å². The second-order valence-corrected chi connectivity index (χ2v) is 7.65. The molecule has 1 heterocycles. The number of carbonyl (C=O) groups excluding carboxylic acids is 2. The van der Waals surface area contributed by atoms with E-state index in [2.05, 4.69) is 5.32 Å². The standard InChI is InChI=1S/C19H19FN2O2S/c20-14-8-6-12(7-9-14)10-16-18(24)22-19(25-16)15(11-21)17(23)13-4-2-1-3-5-13/h6-9,13,16H,1-5,10H2,(H,22,24)/b19-15-/t16-/m0/s1. The molecule has 1 aromatic rings. The number of carbonyl (C=O) groups is 2. The molecule has 1 aromatic carbocycles. The Labute approximate surface area is 150 Å². The third kappa shape index (κ3) is 4.10. The Balaban J connectivity index is 1.74. The minimum absolute atomic E-state index is 0.0758. The number of rotatable bonds is 4. The Morgan fingerprint density at radius 2 is 1.92 bits per heavy atom. The van der Waals surface area contributed by atoms with Crippen molar-refractivity contribution in [3.8, 4) is 6.07 Å². The van der Waals surface area contributed by atoms with Gasteiger partial charge in [-0.15, -0.1) is 0 Å². The summed E-state index contributed by atoms with van der Waals surface area (Å²) in [5.74, 6) is -0.789. The van der Waals surface area contributed by atoms with Crippen molar-refractivity contribution >= 4 is 23.5 Å². The van der Waals surface area contributed by atoms with Crippen LogP contribution in [0.15, 0.2) is 34.9 Å². The van der Waals surface area contributed by atoms with Crippen molar-refractivity contribution in [3.05, 3.63) is 46.2 Å². The molecular weight excluding hydrogens is 339 g/mol. The molecular formula is C19H19FN2O2S. The average Bonchev–Trinajstić information content (AvgIpc) is 2.98. The van der Waals surface area contributed by atoms with Crippen LogP contribution in [0, 0.1) is 23.1 Å². The van der Waals surface area contributed by atoms with Gasteiger partial charge in [-0.25, -0.2) is 4.39 Å². The summed E-state index contributed by atoms with van der Waals surface area (Å²) in [6.45, 7) is 0. The fourth-order valence-corrected chi connectivity index (χ4v) is 4.44. The number of hydrogen-bond donors (Lipinski definition) is 1. The van der Waals surface area contributed by atoms with Crippen LogP contribution >= 0.6 is 11.8 Å². The summed E-state index contributed by atoms with van der Waals surface area (Å²) in [4.78, 5) is 24.9.